The highest BCUT2D eigenvalue weighted by Crippen LogP contribution is 2.20. The summed E-state index contributed by atoms with van der Waals surface area (Å²) < 4.78 is 6.85. The number of benzene rings is 1. The van der Waals surface area contributed by atoms with Crippen LogP contribution in [0.3, 0.4) is 0 Å². The molecular weight excluding hydrogens is 280 g/mol. The Morgan fingerprint density at radius 3 is 2.68 bits per heavy atom. The van der Waals surface area contributed by atoms with Gasteiger partial charge in [0.05, 0.1) is 5.69 Å². The molecule has 2 heterocycles. The van der Waals surface area contributed by atoms with Gasteiger partial charge < -0.3 is 10.1 Å². The van der Waals surface area contributed by atoms with Crippen LogP contribution in [0.25, 0.3) is 17.0 Å². The van der Waals surface area contributed by atoms with Crippen LogP contribution in [-0.2, 0) is 16.1 Å². The average molecular weight is 296 g/mol. The van der Waals surface area contributed by atoms with Crippen LogP contribution in [0.4, 0.5) is 5.82 Å². The van der Waals surface area contributed by atoms with Crippen molar-refractivity contribution in [3.05, 3.63) is 48.3 Å². The molecule has 0 aliphatic carbocycles. The summed E-state index contributed by atoms with van der Waals surface area (Å²) in [6.07, 6.45) is 3.85. The molecule has 6 nitrogen and oxygen atoms in total. The van der Waals surface area contributed by atoms with E-state index < -0.39 is 0 Å². The number of carbonyl (C=O) groups excluding carboxylic acids is 1. The molecule has 0 spiro atoms. The van der Waals surface area contributed by atoms with Crippen molar-refractivity contribution in [3.63, 3.8) is 0 Å². The first-order valence-corrected chi connectivity index (χ1v) is 6.92. The van der Waals surface area contributed by atoms with Crippen LogP contribution in [0, 0.1) is 0 Å². The summed E-state index contributed by atoms with van der Waals surface area (Å²) in [6, 6.07) is 9.66. The minimum atomic E-state index is -0.282. The van der Waals surface area contributed by atoms with E-state index in [0.29, 0.717) is 5.78 Å². The Labute approximate surface area is 127 Å². The highest BCUT2D eigenvalue weighted by Gasteiger charge is 2.06. The van der Waals surface area contributed by atoms with Crippen LogP contribution < -0.4 is 5.32 Å². The Morgan fingerprint density at radius 2 is 2.00 bits per heavy atom. The van der Waals surface area contributed by atoms with Crippen LogP contribution >= 0.6 is 0 Å². The standard InChI is InChI=1S/C16H16N4O2/c1-11(21)22-10-12-3-5-13(6-4-12)14-9-20-8-7-15(17-2)19-16(20)18-14/h3-9H,10H2,1-2H3,(H,17,18,19). The first-order valence-electron chi connectivity index (χ1n) is 6.92. The van der Waals surface area contributed by atoms with Crippen molar-refractivity contribution in [2.45, 2.75) is 13.5 Å². The fourth-order valence-corrected chi connectivity index (χ4v) is 2.11. The van der Waals surface area contributed by atoms with E-state index in [4.69, 9.17) is 4.74 Å². The quantitative estimate of drug-likeness (QED) is 0.749. The Hall–Kier alpha value is -2.89. The number of rotatable bonds is 4. The highest BCUT2D eigenvalue weighted by atomic mass is 16.5. The number of ether oxygens (including phenoxy) is 1. The number of fused-ring (bicyclic) bond motifs is 1. The van der Waals surface area contributed by atoms with E-state index in [1.807, 2.05) is 54.2 Å². The Bertz CT molecular complexity index is 809. The number of nitrogens with one attached hydrogen (secondary N) is 1. The average Bonchev–Trinajstić information content (AvgIpc) is 2.96. The molecule has 6 heteroatoms. The van der Waals surface area contributed by atoms with Crippen LogP contribution in [0.15, 0.2) is 42.7 Å². The number of esters is 1. The molecule has 3 aromatic rings. The molecule has 2 aromatic heterocycles. The van der Waals surface area contributed by atoms with Crippen LogP contribution in [-0.4, -0.2) is 27.4 Å². The molecule has 22 heavy (non-hydrogen) atoms. The van der Waals surface area contributed by atoms with Gasteiger partial charge in [0, 0.05) is 31.9 Å². The van der Waals surface area contributed by atoms with Crippen molar-refractivity contribution in [1.29, 1.82) is 0 Å². The summed E-state index contributed by atoms with van der Waals surface area (Å²) in [5.41, 5.74) is 2.78. The lowest BCUT2D eigenvalue weighted by atomic mass is 10.1. The van der Waals surface area contributed by atoms with Crippen LogP contribution in [0.5, 0.6) is 0 Å². The summed E-state index contributed by atoms with van der Waals surface area (Å²) in [5.74, 6) is 1.14. The minimum Gasteiger partial charge on any atom is -0.461 e. The maximum Gasteiger partial charge on any atom is 0.302 e. The smallest absolute Gasteiger partial charge is 0.302 e. The molecule has 0 aliphatic heterocycles. The number of nitrogens with zero attached hydrogens (tertiary/aromatic N) is 3. The maximum absolute atomic E-state index is 10.8. The number of anilines is 1. The van der Waals surface area contributed by atoms with Gasteiger partial charge in [-0.2, -0.15) is 4.98 Å². The first kappa shape index (κ1) is 14.1. The van der Waals surface area contributed by atoms with E-state index in [9.17, 15) is 4.79 Å². The Morgan fingerprint density at radius 1 is 1.23 bits per heavy atom. The molecule has 1 aromatic carbocycles. The van der Waals surface area contributed by atoms with E-state index in [1.165, 1.54) is 6.92 Å². The van der Waals surface area contributed by atoms with Crippen molar-refractivity contribution >= 4 is 17.6 Å². The third-order valence-electron chi connectivity index (χ3n) is 3.27. The molecule has 0 amide bonds. The molecule has 3 rings (SSSR count). The van der Waals surface area contributed by atoms with Gasteiger partial charge in [-0.15, -0.1) is 0 Å². The topological polar surface area (TPSA) is 68.5 Å². The van der Waals surface area contributed by atoms with E-state index in [0.717, 1.165) is 22.6 Å². The highest BCUT2D eigenvalue weighted by molar-refractivity contribution is 5.66. The van der Waals surface area contributed by atoms with Crippen LogP contribution in [0.1, 0.15) is 12.5 Å². The van der Waals surface area contributed by atoms with Gasteiger partial charge in [-0.05, 0) is 11.6 Å². The van der Waals surface area contributed by atoms with Gasteiger partial charge >= 0.3 is 5.97 Å². The van der Waals surface area contributed by atoms with Crippen molar-refractivity contribution < 1.29 is 9.53 Å². The molecular formula is C16H16N4O2. The lowest BCUT2D eigenvalue weighted by Crippen LogP contribution is -1.98. The van der Waals surface area contributed by atoms with Gasteiger partial charge in [0.1, 0.15) is 12.4 Å². The largest absolute Gasteiger partial charge is 0.461 e. The van der Waals surface area contributed by atoms with E-state index in [-0.39, 0.29) is 12.6 Å². The third kappa shape index (κ3) is 2.90. The van der Waals surface area contributed by atoms with Gasteiger partial charge in [0.25, 0.3) is 0 Å². The van der Waals surface area contributed by atoms with Gasteiger partial charge in [0.2, 0.25) is 5.78 Å². The van der Waals surface area contributed by atoms with Gasteiger partial charge in [-0.1, -0.05) is 24.3 Å². The molecule has 1 N–H and O–H groups in total. The fourth-order valence-electron chi connectivity index (χ4n) is 2.11. The summed E-state index contributed by atoms with van der Waals surface area (Å²) in [5, 5.41) is 2.99. The number of carbonyl (C=O) groups is 1. The lowest BCUT2D eigenvalue weighted by molar-refractivity contribution is -0.142. The zero-order chi connectivity index (χ0) is 15.5. The number of hydrogen-bond donors (Lipinski definition) is 1. The summed E-state index contributed by atoms with van der Waals surface area (Å²) >= 11 is 0. The summed E-state index contributed by atoms with van der Waals surface area (Å²) in [7, 11) is 1.82. The second-order valence-corrected chi connectivity index (χ2v) is 4.87. The molecule has 0 aliphatic rings. The Balaban J connectivity index is 1.85. The summed E-state index contributed by atoms with van der Waals surface area (Å²) in [4.78, 5) is 19.7. The van der Waals surface area contributed by atoms with Crippen molar-refractivity contribution in [2.75, 3.05) is 12.4 Å². The van der Waals surface area contributed by atoms with Gasteiger partial charge in [-0.3, -0.25) is 9.20 Å². The zero-order valence-electron chi connectivity index (χ0n) is 12.4. The van der Waals surface area contributed by atoms with Crippen molar-refractivity contribution in [2.24, 2.45) is 0 Å². The molecule has 0 radical (unpaired) electrons. The second-order valence-electron chi connectivity index (χ2n) is 4.87. The number of imidazole rings is 1. The van der Waals surface area contributed by atoms with E-state index in [1.54, 1.807) is 0 Å². The Kier molecular flexibility index (Phi) is 3.74. The minimum absolute atomic E-state index is 0.282. The third-order valence-corrected chi connectivity index (χ3v) is 3.27. The van der Waals surface area contributed by atoms with E-state index >= 15 is 0 Å². The van der Waals surface area contributed by atoms with Crippen LogP contribution in [0.2, 0.25) is 0 Å². The van der Waals surface area contributed by atoms with Crippen molar-refractivity contribution in [1.82, 2.24) is 14.4 Å². The number of aromatic nitrogens is 3. The molecule has 0 saturated heterocycles. The monoisotopic (exact) mass is 296 g/mol. The molecule has 0 saturated carbocycles. The first-order chi connectivity index (χ1) is 10.7. The predicted molar refractivity (Wildman–Crippen MR) is 83.4 cm³/mol. The van der Waals surface area contributed by atoms with Crippen molar-refractivity contribution in [3.8, 4) is 11.3 Å². The zero-order valence-corrected chi connectivity index (χ0v) is 12.4. The normalized spacial score (nSPS) is 10.6. The molecule has 0 unspecified atom stereocenters. The van der Waals surface area contributed by atoms with E-state index in [2.05, 4.69) is 15.3 Å². The SMILES string of the molecule is CNc1ccn2cc(-c3ccc(COC(C)=O)cc3)nc2n1. The molecule has 0 bridgehead atoms. The summed E-state index contributed by atoms with van der Waals surface area (Å²) in [6.45, 7) is 1.69. The van der Waals surface area contributed by atoms with Gasteiger partial charge in [0.15, 0.2) is 0 Å². The second kappa shape index (κ2) is 5.85. The van der Waals surface area contributed by atoms with Gasteiger partial charge in [-0.25, -0.2) is 4.98 Å². The molecule has 112 valence electrons. The predicted octanol–water partition coefficient (Wildman–Crippen LogP) is 2.50. The maximum atomic E-state index is 10.8. The lowest BCUT2D eigenvalue weighted by Gasteiger charge is -2.02. The molecule has 0 atom stereocenters. The molecule has 0 fully saturated rings. The fraction of sp³-hybridized carbons (Fsp3) is 0.188. The number of hydrogen-bond acceptors (Lipinski definition) is 5.